The number of aryl methyl sites for hydroxylation is 1. The molecule has 2 aromatic rings. The van der Waals surface area contributed by atoms with E-state index >= 15 is 0 Å². The number of methoxy groups -OCH3 is 1. The molecule has 3 rings (SSSR count). The lowest BCUT2D eigenvalue weighted by Crippen LogP contribution is -2.48. The van der Waals surface area contributed by atoms with E-state index in [0.717, 1.165) is 38.3 Å². The molecule has 0 aromatic heterocycles. The molecule has 0 N–H and O–H groups in total. The first kappa shape index (κ1) is 16.5. The molecular formula is C20H24N2O2. The number of piperazine rings is 1. The molecule has 0 radical (unpaired) electrons. The van der Waals surface area contributed by atoms with Crippen molar-refractivity contribution in [3.8, 4) is 5.75 Å². The summed E-state index contributed by atoms with van der Waals surface area (Å²) in [5.41, 5.74) is 3.05. The zero-order valence-electron chi connectivity index (χ0n) is 14.4. The van der Waals surface area contributed by atoms with Crippen LogP contribution in [0.5, 0.6) is 5.75 Å². The van der Waals surface area contributed by atoms with Crippen molar-refractivity contribution in [1.82, 2.24) is 9.80 Å². The third kappa shape index (κ3) is 3.77. The van der Waals surface area contributed by atoms with Crippen LogP contribution in [0.25, 0.3) is 0 Å². The highest BCUT2D eigenvalue weighted by atomic mass is 16.5. The maximum Gasteiger partial charge on any atom is 0.257 e. The summed E-state index contributed by atoms with van der Waals surface area (Å²) in [6.45, 7) is 6.24. The van der Waals surface area contributed by atoms with E-state index in [-0.39, 0.29) is 5.91 Å². The van der Waals surface area contributed by atoms with Crippen molar-refractivity contribution in [1.29, 1.82) is 0 Å². The van der Waals surface area contributed by atoms with Crippen molar-refractivity contribution in [2.75, 3.05) is 33.3 Å². The Bertz CT molecular complexity index is 692. The number of hydrogen-bond acceptors (Lipinski definition) is 3. The van der Waals surface area contributed by atoms with Gasteiger partial charge in [0.15, 0.2) is 0 Å². The van der Waals surface area contributed by atoms with Gasteiger partial charge < -0.3 is 9.64 Å². The summed E-state index contributed by atoms with van der Waals surface area (Å²) in [5.74, 6) is 0.715. The normalized spacial score (nSPS) is 15.3. The molecule has 2 aromatic carbocycles. The minimum absolute atomic E-state index is 0.0647. The molecule has 1 aliphatic rings. The van der Waals surface area contributed by atoms with E-state index in [1.165, 1.54) is 5.56 Å². The lowest BCUT2D eigenvalue weighted by Gasteiger charge is -2.35. The van der Waals surface area contributed by atoms with Crippen LogP contribution in [0, 0.1) is 6.92 Å². The number of amides is 1. The van der Waals surface area contributed by atoms with Gasteiger partial charge in [-0.05, 0) is 24.6 Å². The van der Waals surface area contributed by atoms with Crippen molar-refractivity contribution >= 4 is 5.91 Å². The molecule has 4 nitrogen and oxygen atoms in total. The van der Waals surface area contributed by atoms with Crippen LogP contribution in [0.2, 0.25) is 0 Å². The van der Waals surface area contributed by atoms with E-state index in [1.54, 1.807) is 7.11 Å². The maximum atomic E-state index is 12.8. The number of rotatable bonds is 4. The van der Waals surface area contributed by atoms with Gasteiger partial charge in [-0.2, -0.15) is 0 Å². The van der Waals surface area contributed by atoms with Gasteiger partial charge in [0.2, 0.25) is 0 Å². The van der Waals surface area contributed by atoms with Crippen LogP contribution in [-0.2, 0) is 6.54 Å². The first-order valence-electron chi connectivity index (χ1n) is 8.37. The van der Waals surface area contributed by atoms with Crippen LogP contribution in [0.3, 0.4) is 0 Å². The molecule has 0 aliphatic carbocycles. The Balaban J connectivity index is 1.62. The highest BCUT2D eigenvalue weighted by molar-refractivity contribution is 5.97. The fraction of sp³-hybridized carbons (Fsp3) is 0.350. The summed E-state index contributed by atoms with van der Waals surface area (Å²) in [4.78, 5) is 17.1. The Morgan fingerprint density at radius 1 is 1.04 bits per heavy atom. The molecule has 1 fully saturated rings. The second-order valence-corrected chi connectivity index (χ2v) is 6.26. The standard InChI is InChI=1S/C20H24N2O2/c1-16-8-9-19(24-2)18(14-16)20(23)22-12-10-21(11-13-22)15-17-6-4-3-5-7-17/h3-9,14H,10-13,15H2,1-2H3. The highest BCUT2D eigenvalue weighted by Crippen LogP contribution is 2.22. The molecule has 1 aliphatic heterocycles. The van der Waals surface area contributed by atoms with Crippen LogP contribution in [-0.4, -0.2) is 49.0 Å². The zero-order chi connectivity index (χ0) is 16.9. The Labute approximate surface area is 143 Å². The molecule has 1 heterocycles. The minimum Gasteiger partial charge on any atom is -0.496 e. The lowest BCUT2D eigenvalue weighted by atomic mass is 10.1. The van der Waals surface area contributed by atoms with Crippen molar-refractivity contribution in [3.05, 3.63) is 65.2 Å². The summed E-state index contributed by atoms with van der Waals surface area (Å²) < 4.78 is 5.35. The van der Waals surface area contributed by atoms with Crippen LogP contribution < -0.4 is 4.74 Å². The Morgan fingerprint density at radius 2 is 1.75 bits per heavy atom. The molecule has 0 saturated carbocycles. The third-order valence-electron chi connectivity index (χ3n) is 4.49. The zero-order valence-corrected chi connectivity index (χ0v) is 14.4. The molecule has 1 amide bonds. The molecule has 0 unspecified atom stereocenters. The number of ether oxygens (including phenoxy) is 1. The second-order valence-electron chi connectivity index (χ2n) is 6.26. The first-order chi connectivity index (χ1) is 11.7. The minimum atomic E-state index is 0.0647. The topological polar surface area (TPSA) is 32.8 Å². The van der Waals surface area contributed by atoms with Gasteiger partial charge in [0.05, 0.1) is 12.7 Å². The summed E-state index contributed by atoms with van der Waals surface area (Å²) in [6, 6.07) is 16.2. The fourth-order valence-electron chi connectivity index (χ4n) is 3.11. The first-order valence-corrected chi connectivity index (χ1v) is 8.37. The highest BCUT2D eigenvalue weighted by Gasteiger charge is 2.24. The molecular weight excluding hydrogens is 300 g/mol. The van der Waals surface area contributed by atoms with Crippen molar-refractivity contribution in [2.24, 2.45) is 0 Å². The third-order valence-corrected chi connectivity index (χ3v) is 4.49. The van der Waals surface area contributed by atoms with Gasteiger partial charge >= 0.3 is 0 Å². The number of hydrogen-bond donors (Lipinski definition) is 0. The smallest absolute Gasteiger partial charge is 0.257 e. The average Bonchev–Trinajstić information content (AvgIpc) is 2.62. The molecule has 0 bridgehead atoms. The lowest BCUT2D eigenvalue weighted by molar-refractivity contribution is 0.0625. The maximum absolute atomic E-state index is 12.8. The summed E-state index contributed by atoms with van der Waals surface area (Å²) >= 11 is 0. The number of carbonyl (C=O) groups is 1. The van der Waals surface area contributed by atoms with Crippen molar-refractivity contribution in [2.45, 2.75) is 13.5 Å². The van der Waals surface area contributed by atoms with Gasteiger partial charge in [-0.15, -0.1) is 0 Å². The molecule has 0 spiro atoms. The van der Waals surface area contributed by atoms with Crippen molar-refractivity contribution in [3.63, 3.8) is 0 Å². The predicted molar refractivity (Wildman–Crippen MR) is 95.4 cm³/mol. The summed E-state index contributed by atoms with van der Waals surface area (Å²) in [5, 5.41) is 0. The Morgan fingerprint density at radius 3 is 2.42 bits per heavy atom. The average molecular weight is 324 g/mol. The Kier molecular flexibility index (Phi) is 5.16. The quantitative estimate of drug-likeness (QED) is 0.867. The molecule has 126 valence electrons. The predicted octanol–water partition coefficient (Wildman–Crippen LogP) is 2.96. The van der Waals surface area contributed by atoms with Crippen LogP contribution in [0.15, 0.2) is 48.5 Å². The van der Waals surface area contributed by atoms with Gasteiger partial charge in [0.25, 0.3) is 5.91 Å². The summed E-state index contributed by atoms with van der Waals surface area (Å²) in [7, 11) is 1.61. The van der Waals surface area contributed by atoms with Gasteiger partial charge in [0, 0.05) is 32.7 Å². The van der Waals surface area contributed by atoms with E-state index in [4.69, 9.17) is 4.74 Å². The van der Waals surface area contributed by atoms with Gasteiger partial charge in [-0.1, -0.05) is 42.0 Å². The van der Waals surface area contributed by atoms with E-state index < -0.39 is 0 Å². The van der Waals surface area contributed by atoms with E-state index in [2.05, 4.69) is 29.2 Å². The molecule has 24 heavy (non-hydrogen) atoms. The van der Waals surface area contributed by atoms with Crippen molar-refractivity contribution < 1.29 is 9.53 Å². The number of carbonyl (C=O) groups excluding carboxylic acids is 1. The van der Waals surface area contributed by atoms with E-state index in [1.807, 2.05) is 36.1 Å². The SMILES string of the molecule is COc1ccc(C)cc1C(=O)N1CCN(Cc2ccccc2)CC1. The van der Waals surface area contributed by atoms with Gasteiger partial charge in [-0.3, -0.25) is 9.69 Å². The summed E-state index contributed by atoms with van der Waals surface area (Å²) in [6.07, 6.45) is 0. The molecule has 1 saturated heterocycles. The van der Waals surface area contributed by atoms with E-state index in [0.29, 0.717) is 11.3 Å². The fourth-order valence-corrected chi connectivity index (χ4v) is 3.11. The molecule has 0 atom stereocenters. The van der Waals surface area contributed by atoms with Crippen LogP contribution in [0.4, 0.5) is 0 Å². The second kappa shape index (κ2) is 7.49. The largest absolute Gasteiger partial charge is 0.496 e. The monoisotopic (exact) mass is 324 g/mol. The van der Waals surface area contributed by atoms with Crippen LogP contribution >= 0.6 is 0 Å². The van der Waals surface area contributed by atoms with Crippen LogP contribution in [0.1, 0.15) is 21.5 Å². The van der Waals surface area contributed by atoms with E-state index in [9.17, 15) is 4.79 Å². The van der Waals surface area contributed by atoms with Gasteiger partial charge in [0.1, 0.15) is 5.75 Å². The van der Waals surface area contributed by atoms with Gasteiger partial charge in [-0.25, -0.2) is 0 Å². The molecule has 4 heteroatoms. The number of nitrogens with zero attached hydrogens (tertiary/aromatic N) is 2. The number of benzene rings is 2. The Hall–Kier alpha value is -2.33.